The number of ether oxygens (including phenoxy) is 2. The zero-order valence-corrected chi connectivity index (χ0v) is 16.2. The van der Waals surface area contributed by atoms with Crippen molar-refractivity contribution in [3.63, 3.8) is 0 Å². The van der Waals surface area contributed by atoms with E-state index < -0.39 is 11.7 Å². The van der Waals surface area contributed by atoms with Gasteiger partial charge in [-0.1, -0.05) is 18.2 Å². The predicted molar refractivity (Wildman–Crippen MR) is 101 cm³/mol. The predicted octanol–water partition coefficient (Wildman–Crippen LogP) is 2.76. The van der Waals surface area contributed by atoms with Gasteiger partial charge in [-0.15, -0.1) is 0 Å². The Bertz CT molecular complexity index is 785. The van der Waals surface area contributed by atoms with Crippen molar-refractivity contribution in [2.24, 2.45) is 0 Å². The summed E-state index contributed by atoms with van der Waals surface area (Å²) in [5.74, 6) is -0.324. The van der Waals surface area contributed by atoms with Gasteiger partial charge in [0.25, 0.3) is 5.91 Å². The number of benzene rings is 1. The number of carbonyl (C=O) groups excluding carboxylic acids is 1. The van der Waals surface area contributed by atoms with Crippen LogP contribution in [0.1, 0.15) is 17.5 Å². The van der Waals surface area contributed by atoms with E-state index in [1.807, 2.05) is 12.1 Å². The fourth-order valence-corrected chi connectivity index (χ4v) is 3.10. The van der Waals surface area contributed by atoms with Crippen LogP contribution in [0.2, 0.25) is 0 Å². The molecule has 0 aromatic heterocycles. The third-order valence-electron chi connectivity index (χ3n) is 4.70. The van der Waals surface area contributed by atoms with Crippen molar-refractivity contribution in [1.82, 2.24) is 15.3 Å². The molecule has 1 fully saturated rings. The molecule has 0 bridgehead atoms. The topological polar surface area (TPSA) is 54.0 Å². The number of hydrogen-bond donors (Lipinski definition) is 1. The van der Waals surface area contributed by atoms with Crippen molar-refractivity contribution in [2.45, 2.75) is 19.0 Å². The van der Waals surface area contributed by atoms with Crippen LogP contribution in [-0.4, -0.2) is 55.8 Å². The second-order valence-electron chi connectivity index (χ2n) is 6.97. The summed E-state index contributed by atoms with van der Waals surface area (Å²) in [4.78, 5) is 14.1. The number of hydrogen-bond acceptors (Lipinski definition) is 5. The summed E-state index contributed by atoms with van der Waals surface area (Å²) in [5.41, 5.74) is 2.52. The SMILES string of the molecule is CN1CCN(NC(=O)/C=C/C=C/CCc2cc3c(c(C(F)(F)F)c2)OCO3)CC1. The Labute approximate surface area is 167 Å². The van der Waals surface area contributed by atoms with Crippen LogP contribution in [0.25, 0.3) is 0 Å². The van der Waals surface area contributed by atoms with Crippen molar-refractivity contribution in [2.75, 3.05) is 40.0 Å². The Kier molecular flexibility index (Phi) is 6.81. The summed E-state index contributed by atoms with van der Waals surface area (Å²) in [6.07, 6.45) is 3.00. The van der Waals surface area contributed by atoms with Crippen LogP contribution in [-0.2, 0) is 17.4 Å². The van der Waals surface area contributed by atoms with Crippen molar-refractivity contribution < 1.29 is 27.4 Å². The zero-order valence-electron chi connectivity index (χ0n) is 16.2. The Hall–Kier alpha value is -2.52. The third kappa shape index (κ3) is 5.98. The van der Waals surface area contributed by atoms with Crippen LogP contribution < -0.4 is 14.9 Å². The van der Waals surface area contributed by atoms with Gasteiger partial charge in [0.15, 0.2) is 11.5 Å². The minimum absolute atomic E-state index is 0.124. The number of allylic oxidation sites excluding steroid dienone is 3. The standard InChI is InChI=1S/C20H24F3N3O3/c1-25-8-10-26(11-9-25)24-18(27)7-5-3-2-4-6-15-12-16(20(21,22)23)19-17(13-15)28-14-29-19/h2-3,5,7,12-13H,4,6,8-11,14H2,1H3,(H,24,27)/b3-2+,7-5+. The lowest BCUT2D eigenvalue weighted by Gasteiger charge is -2.31. The molecular weight excluding hydrogens is 387 g/mol. The van der Waals surface area contributed by atoms with Crippen LogP contribution in [0, 0.1) is 0 Å². The molecule has 1 aromatic rings. The molecule has 29 heavy (non-hydrogen) atoms. The fourth-order valence-electron chi connectivity index (χ4n) is 3.10. The summed E-state index contributed by atoms with van der Waals surface area (Å²) in [5, 5.41) is 1.88. The minimum Gasteiger partial charge on any atom is -0.454 e. The van der Waals surface area contributed by atoms with Gasteiger partial charge in [0.1, 0.15) is 5.56 Å². The maximum Gasteiger partial charge on any atom is 0.420 e. The molecule has 0 unspecified atom stereocenters. The first-order valence-corrected chi connectivity index (χ1v) is 9.40. The van der Waals surface area contributed by atoms with Gasteiger partial charge in [-0.2, -0.15) is 13.2 Å². The van der Waals surface area contributed by atoms with Gasteiger partial charge < -0.3 is 14.4 Å². The maximum absolute atomic E-state index is 13.2. The highest BCUT2D eigenvalue weighted by Crippen LogP contribution is 2.45. The molecule has 1 aromatic carbocycles. The van der Waals surface area contributed by atoms with Crippen LogP contribution in [0.3, 0.4) is 0 Å². The number of nitrogens with zero attached hydrogens (tertiary/aromatic N) is 2. The minimum atomic E-state index is -4.50. The second-order valence-corrected chi connectivity index (χ2v) is 6.97. The molecule has 2 heterocycles. The summed E-state index contributed by atoms with van der Waals surface area (Å²) >= 11 is 0. The van der Waals surface area contributed by atoms with Crippen molar-refractivity contribution in [1.29, 1.82) is 0 Å². The van der Waals surface area contributed by atoms with Crippen molar-refractivity contribution in [3.05, 3.63) is 47.6 Å². The quantitative estimate of drug-likeness (QED) is 0.576. The number of hydrazine groups is 1. The Morgan fingerprint density at radius 2 is 1.93 bits per heavy atom. The van der Waals surface area contributed by atoms with Crippen molar-refractivity contribution in [3.8, 4) is 11.5 Å². The van der Waals surface area contributed by atoms with Gasteiger partial charge in [-0.3, -0.25) is 10.2 Å². The highest BCUT2D eigenvalue weighted by Gasteiger charge is 2.38. The van der Waals surface area contributed by atoms with E-state index in [9.17, 15) is 18.0 Å². The Balaban J connectivity index is 1.47. The lowest BCUT2D eigenvalue weighted by atomic mass is 10.0. The van der Waals surface area contributed by atoms with Gasteiger partial charge in [0, 0.05) is 32.3 Å². The molecule has 1 N–H and O–H groups in total. The molecule has 9 heteroatoms. The zero-order chi connectivity index (χ0) is 20.9. The van der Waals surface area contributed by atoms with E-state index in [1.165, 1.54) is 6.08 Å². The molecule has 3 rings (SSSR count). The molecule has 1 amide bonds. The van der Waals surface area contributed by atoms with Gasteiger partial charge in [-0.25, -0.2) is 5.01 Å². The number of aryl methyl sites for hydroxylation is 1. The molecule has 2 aliphatic heterocycles. The molecule has 6 nitrogen and oxygen atoms in total. The average molecular weight is 411 g/mol. The van der Waals surface area contributed by atoms with Crippen molar-refractivity contribution >= 4 is 5.91 Å². The highest BCUT2D eigenvalue weighted by molar-refractivity contribution is 5.87. The first-order chi connectivity index (χ1) is 13.8. The van der Waals surface area contributed by atoms with Gasteiger partial charge in [0.2, 0.25) is 6.79 Å². The van der Waals surface area contributed by atoms with E-state index in [0.29, 0.717) is 18.4 Å². The van der Waals surface area contributed by atoms with Gasteiger partial charge in [-0.05, 0) is 37.6 Å². The third-order valence-corrected chi connectivity index (χ3v) is 4.70. The van der Waals surface area contributed by atoms with E-state index in [2.05, 4.69) is 10.3 Å². The number of likely N-dealkylation sites (N-methyl/N-ethyl adjacent to an activating group) is 1. The van der Waals surface area contributed by atoms with Crippen LogP contribution >= 0.6 is 0 Å². The second kappa shape index (κ2) is 9.32. The number of nitrogens with one attached hydrogen (secondary N) is 1. The van der Waals surface area contributed by atoms with Gasteiger partial charge in [0.05, 0.1) is 0 Å². The lowest BCUT2D eigenvalue weighted by Crippen LogP contribution is -2.52. The Morgan fingerprint density at radius 3 is 2.66 bits per heavy atom. The number of rotatable bonds is 6. The molecule has 158 valence electrons. The van der Waals surface area contributed by atoms with Crippen LogP contribution in [0.15, 0.2) is 36.4 Å². The summed E-state index contributed by atoms with van der Waals surface area (Å²) in [6.45, 7) is 3.16. The number of carbonyl (C=O) groups is 1. The van der Waals surface area contributed by atoms with E-state index >= 15 is 0 Å². The number of amides is 1. The molecule has 1 saturated heterocycles. The maximum atomic E-state index is 13.2. The fraction of sp³-hybridized carbons (Fsp3) is 0.450. The van der Waals surface area contributed by atoms with Crippen LogP contribution in [0.4, 0.5) is 13.2 Å². The molecule has 0 atom stereocenters. The number of fused-ring (bicyclic) bond motifs is 1. The number of alkyl halides is 3. The van der Waals surface area contributed by atoms with E-state index in [1.54, 1.807) is 24.3 Å². The summed E-state index contributed by atoms with van der Waals surface area (Å²) in [6, 6.07) is 2.67. The number of piperazine rings is 1. The molecule has 0 spiro atoms. The molecule has 2 aliphatic rings. The Morgan fingerprint density at radius 1 is 1.17 bits per heavy atom. The van der Waals surface area contributed by atoms with Crippen LogP contribution in [0.5, 0.6) is 11.5 Å². The molecule has 0 radical (unpaired) electrons. The largest absolute Gasteiger partial charge is 0.454 e. The first-order valence-electron chi connectivity index (χ1n) is 9.40. The summed E-state index contributed by atoms with van der Waals surface area (Å²) < 4.78 is 49.6. The van der Waals surface area contributed by atoms with E-state index in [-0.39, 0.29) is 24.2 Å². The number of halogens is 3. The summed E-state index contributed by atoms with van der Waals surface area (Å²) in [7, 11) is 2.04. The lowest BCUT2D eigenvalue weighted by molar-refractivity contribution is -0.138. The average Bonchev–Trinajstić information content (AvgIpc) is 3.13. The normalized spacial score (nSPS) is 18.1. The first kappa shape index (κ1) is 21.2. The molecular formula is C20H24F3N3O3. The monoisotopic (exact) mass is 411 g/mol. The van der Waals surface area contributed by atoms with Gasteiger partial charge >= 0.3 is 6.18 Å². The molecule has 0 saturated carbocycles. The van der Waals surface area contributed by atoms with E-state index in [0.717, 1.165) is 32.2 Å². The van der Waals surface area contributed by atoms with E-state index in [4.69, 9.17) is 9.47 Å². The highest BCUT2D eigenvalue weighted by atomic mass is 19.4. The smallest absolute Gasteiger partial charge is 0.420 e. The molecule has 0 aliphatic carbocycles.